The van der Waals surface area contributed by atoms with Crippen LogP contribution in [-0.4, -0.2) is 38.3 Å². The SMILES string of the molecule is O=C(CC1COCCN1)NCCc1ccc(Br)s1. The molecule has 0 spiro atoms. The molecule has 2 N–H and O–H groups in total. The summed E-state index contributed by atoms with van der Waals surface area (Å²) < 4.78 is 6.45. The van der Waals surface area contributed by atoms with Gasteiger partial charge in [0.2, 0.25) is 5.91 Å². The first-order valence-corrected chi connectivity index (χ1v) is 7.67. The van der Waals surface area contributed by atoms with Crippen molar-refractivity contribution in [2.45, 2.75) is 18.9 Å². The molecule has 0 saturated carbocycles. The molecule has 0 aromatic carbocycles. The van der Waals surface area contributed by atoms with E-state index in [0.717, 1.165) is 23.4 Å². The van der Waals surface area contributed by atoms with Crippen LogP contribution in [0.25, 0.3) is 0 Å². The number of hydrogen-bond acceptors (Lipinski definition) is 4. The van der Waals surface area contributed by atoms with Crippen LogP contribution < -0.4 is 10.6 Å². The second-order valence-electron chi connectivity index (χ2n) is 4.24. The van der Waals surface area contributed by atoms with Crippen LogP contribution in [0.4, 0.5) is 0 Å². The summed E-state index contributed by atoms with van der Waals surface area (Å²) in [6.45, 7) is 2.90. The molecular formula is C12H17BrN2O2S. The van der Waals surface area contributed by atoms with E-state index < -0.39 is 0 Å². The van der Waals surface area contributed by atoms with Gasteiger partial charge in [-0.3, -0.25) is 4.79 Å². The number of morpholine rings is 1. The quantitative estimate of drug-likeness (QED) is 0.860. The molecule has 2 rings (SSSR count). The highest BCUT2D eigenvalue weighted by molar-refractivity contribution is 9.11. The monoisotopic (exact) mass is 332 g/mol. The van der Waals surface area contributed by atoms with E-state index in [1.807, 2.05) is 6.07 Å². The second-order valence-corrected chi connectivity index (χ2v) is 6.78. The standard InChI is InChI=1S/C12H17BrN2O2S/c13-11-2-1-10(18-11)3-4-15-12(16)7-9-8-17-6-5-14-9/h1-2,9,14H,3-8H2,(H,15,16). The van der Waals surface area contributed by atoms with Gasteiger partial charge in [0.05, 0.1) is 17.0 Å². The third-order valence-corrected chi connectivity index (χ3v) is 4.44. The first-order chi connectivity index (χ1) is 8.74. The van der Waals surface area contributed by atoms with Crippen molar-refractivity contribution in [1.82, 2.24) is 10.6 Å². The zero-order valence-corrected chi connectivity index (χ0v) is 12.5. The van der Waals surface area contributed by atoms with Gasteiger partial charge in [0.25, 0.3) is 0 Å². The van der Waals surface area contributed by atoms with Gasteiger partial charge < -0.3 is 15.4 Å². The largest absolute Gasteiger partial charge is 0.378 e. The van der Waals surface area contributed by atoms with E-state index in [-0.39, 0.29) is 11.9 Å². The predicted molar refractivity (Wildman–Crippen MR) is 76.0 cm³/mol. The Hall–Kier alpha value is -0.430. The summed E-state index contributed by atoms with van der Waals surface area (Å²) in [5.41, 5.74) is 0. The molecule has 0 aliphatic carbocycles. The lowest BCUT2D eigenvalue weighted by Gasteiger charge is -2.23. The zero-order valence-electron chi connectivity index (χ0n) is 10.1. The molecule has 18 heavy (non-hydrogen) atoms. The van der Waals surface area contributed by atoms with Gasteiger partial charge in [-0.2, -0.15) is 0 Å². The minimum absolute atomic E-state index is 0.0913. The third-order valence-electron chi connectivity index (χ3n) is 2.75. The lowest BCUT2D eigenvalue weighted by Crippen LogP contribution is -2.44. The Morgan fingerprint density at radius 3 is 3.17 bits per heavy atom. The Labute approximate surface area is 119 Å². The Morgan fingerprint density at radius 2 is 2.50 bits per heavy atom. The van der Waals surface area contributed by atoms with E-state index in [0.29, 0.717) is 19.6 Å². The lowest BCUT2D eigenvalue weighted by molar-refractivity contribution is -0.122. The number of ether oxygens (including phenoxy) is 1. The van der Waals surface area contributed by atoms with Crippen molar-refractivity contribution in [2.24, 2.45) is 0 Å². The number of carbonyl (C=O) groups is 1. The van der Waals surface area contributed by atoms with Gasteiger partial charge in [0, 0.05) is 30.4 Å². The summed E-state index contributed by atoms with van der Waals surface area (Å²) in [6.07, 6.45) is 1.38. The average molecular weight is 333 g/mol. The molecule has 1 aliphatic rings. The number of amides is 1. The summed E-state index contributed by atoms with van der Waals surface area (Å²) in [5, 5.41) is 6.22. The van der Waals surface area contributed by atoms with E-state index in [9.17, 15) is 4.79 Å². The molecular weight excluding hydrogens is 316 g/mol. The van der Waals surface area contributed by atoms with Crippen LogP contribution in [-0.2, 0) is 16.0 Å². The van der Waals surface area contributed by atoms with Crippen molar-refractivity contribution in [3.63, 3.8) is 0 Å². The molecule has 1 saturated heterocycles. The van der Waals surface area contributed by atoms with E-state index in [2.05, 4.69) is 32.6 Å². The van der Waals surface area contributed by atoms with Crippen LogP contribution in [0, 0.1) is 0 Å². The molecule has 1 amide bonds. The molecule has 100 valence electrons. The number of carbonyl (C=O) groups excluding carboxylic acids is 1. The van der Waals surface area contributed by atoms with Gasteiger partial charge in [0.1, 0.15) is 0 Å². The lowest BCUT2D eigenvalue weighted by atomic mass is 10.2. The Morgan fingerprint density at radius 1 is 1.61 bits per heavy atom. The molecule has 1 aromatic heterocycles. The fourth-order valence-electron chi connectivity index (χ4n) is 1.86. The molecule has 1 atom stereocenters. The smallest absolute Gasteiger partial charge is 0.221 e. The first kappa shape index (κ1) is 14.0. The van der Waals surface area contributed by atoms with Crippen LogP contribution in [0.15, 0.2) is 15.9 Å². The number of thiophene rings is 1. The van der Waals surface area contributed by atoms with Crippen molar-refractivity contribution in [1.29, 1.82) is 0 Å². The fraction of sp³-hybridized carbons (Fsp3) is 0.583. The summed E-state index contributed by atoms with van der Waals surface area (Å²) in [6, 6.07) is 4.28. The minimum Gasteiger partial charge on any atom is -0.378 e. The molecule has 2 heterocycles. The first-order valence-electron chi connectivity index (χ1n) is 6.06. The molecule has 0 radical (unpaired) electrons. The van der Waals surface area contributed by atoms with Gasteiger partial charge in [-0.15, -0.1) is 11.3 Å². The van der Waals surface area contributed by atoms with Gasteiger partial charge in [-0.25, -0.2) is 0 Å². The van der Waals surface area contributed by atoms with E-state index >= 15 is 0 Å². The maximum atomic E-state index is 11.7. The van der Waals surface area contributed by atoms with Crippen LogP contribution in [0.2, 0.25) is 0 Å². The Balaban J connectivity index is 1.62. The van der Waals surface area contributed by atoms with Crippen molar-refractivity contribution in [3.05, 3.63) is 20.8 Å². The van der Waals surface area contributed by atoms with Gasteiger partial charge in [-0.05, 0) is 34.5 Å². The van der Waals surface area contributed by atoms with E-state index in [1.54, 1.807) is 11.3 Å². The van der Waals surface area contributed by atoms with E-state index in [4.69, 9.17) is 4.74 Å². The number of halogens is 1. The van der Waals surface area contributed by atoms with Gasteiger partial charge in [-0.1, -0.05) is 0 Å². The van der Waals surface area contributed by atoms with Crippen molar-refractivity contribution >= 4 is 33.2 Å². The molecule has 1 aliphatic heterocycles. The maximum absolute atomic E-state index is 11.7. The highest BCUT2D eigenvalue weighted by Crippen LogP contribution is 2.21. The van der Waals surface area contributed by atoms with Crippen LogP contribution >= 0.6 is 27.3 Å². The number of hydrogen-bond donors (Lipinski definition) is 2. The van der Waals surface area contributed by atoms with Gasteiger partial charge >= 0.3 is 0 Å². The summed E-state index contributed by atoms with van der Waals surface area (Å²) in [4.78, 5) is 13.0. The molecule has 1 aromatic rings. The molecule has 1 unspecified atom stereocenters. The topological polar surface area (TPSA) is 50.4 Å². The molecule has 4 nitrogen and oxygen atoms in total. The van der Waals surface area contributed by atoms with E-state index in [1.165, 1.54) is 4.88 Å². The molecule has 6 heteroatoms. The van der Waals surface area contributed by atoms with Crippen LogP contribution in [0.5, 0.6) is 0 Å². The fourth-order valence-corrected chi connectivity index (χ4v) is 3.34. The third kappa shape index (κ3) is 4.68. The van der Waals surface area contributed by atoms with Crippen LogP contribution in [0.3, 0.4) is 0 Å². The summed E-state index contributed by atoms with van der Waals surface area (Å²) in [7, 11) is 0. The highest BCUT2D eigenvalue weighted by Gasteiger charge is 2.16. The molecule has 0 bridgehead atoms. The maximum Gasteiger partial charge on any atom is 0.221 e. The van der Waals surface area contributed by atoms with Crippen molar-refractivity contribution in [2.75, 3.05) is 26.3 Å². The Kier molecular flexibility index (Phi) is 5.62. The predicted octanol–water partition coefficient (Wildman–Crippen LogP) is 1.55. The van der Waals surface area contributed by atoms with Crippen molar-refractivity contribution in [3.8, 4) is 0 Å². The van der Waals surface area contributed by atoms with Crippen molar-refractivity contribution < 1.29 is 9.53 Å². The van der Waals surface area contributed by atoms with Crippen LogP contribution in [0.1, 0.15) is 11.3 Å². The highest BCUT2D eigenvalue weighted by atomic mass is 79.9. The Bertz CT molecular complexity index is 391. The molecule has 1 fully saturated rings. The second kappa shape index (κ2) is 7.23. The average Bonchev–Trinajstić information content (AvgIpc) is 2.76. The zero-order chi connectivity index (χ0) is 12.8. The number of nitrogens with one attached hydrogen (secondary N) is 2. The summed E-state index contributed by atoms with van der Waals surface area (Å²) >= 11 is 5.14. The van der Waals surface area contributed by atoms with Gasteiger partial charge in [0.15, 0.2) is 0 Å². The minimum atomic E-state index is 0.0913. The normalized spacial score (nSPS) is 19.7. The number of rotatable bonds is 5. The summed E-state index contributed by atoms with van der Waals surface area (Å²) in [5.74, 6) is 0.0913.